The molecule has 6 nitrogen and oxygen atoms in total. The second-order valence-corrected chi connectivity index (χ2v) is 3.37. The number of hydrogen-bond donors (Lipinski definition) is 1. The molecule has 19 heavy (non-hydrogen) atoms. The molecule has 0 amide bonds. The molecule has 0 radical (unpaired) electrons. The fraction of sp³-hybridized carbons (Fsp3) is 0.231. The van der Waals surface area contributed by atoms with Crippen molar-refractivity contribution in [2.75, 3.05) is 13.7 Å². The van der Waals surface area contributed by atoms with Gasteiger partial charge in [-0.3, -0.25) is 0 Å². The van der Waals surface area contributed by atoms with Crippen LogP contribution in [0.15, 0.2) is 24.3 Å². The molecular weight excluding hydrogens is 252 g/mol. The van der Waals surface area contributed by atoms with Gasteiger partial charge in [0.2, 0.25) is 0 Å². The van der Waals surface area contributed by atoms with Crippen LogP contribution >= 0.6 is 0 Å². The van der Waals surface area contributed by atoms with Gasteiger partial charge in [-0.2, -0.15) is 0 Å². The Bertz CT molecular complexity index is 492. The van der Waals surface area contributed by atoms with E-state index in [1.165, 1.54) is 19.3 Å². The first-order valence-corrected chi connectivity index (χ1v) is 5.50. The summed E-state index contributed by atoms with van der Waals surface area (Å²) in [6, 6.07) is 4.64. The minimum atomic E-state index is -1.05. The van der Waals surface area contributed by atoms with Crippen molar-refractivity contribution in [2.45, 2.75) is 6.92 Å². The van der Waals surface area contributed by atoms with Crippen LogP contribution in [0.1, 0.15) is 12.5 Å². The number of carboxylic acid groups (broad SMARTS) is 1. The number of ether oxygens (including phenoxy) is 3. The minimum absolute atomic E-state index is 0.202. The maximum absolute atomic E-state index is 11.2. The monoisotopic (exact) mass is 266 g/mol. The molecule has 0 atom stereocenters. The molecule has 0 heterocycles. The molecule has 0 bridgehead atoms. The van der Waals surface area contributed by atoms with Crippen LogP contribution in [0, 0.1) is 0 Å². The number of benzene rings is 1. The van der Waals surface area contributed by atoms with Crippen LogP contribution in [-0.2, 0) is 9.53 Å². The number of hydrogen-bond acceptors (Lipinski definition) is 5. The summed E-state index contributed by atoms with van der Waals surface area (Å²) in [4.78, 5) is 21.6. The number of carbonyl (C=O) groups excluding carboxylic acids is 1. The van der Waals surface area contributed by atoms with Gasteiger partial charge in [-0.25, -0.2) is 9.59 Å². The lowest BCUT2D eigenvalue weighted by Crippen LogP contribution is -2.10. The minimum Gasteiger partial charge on any atom is -0.493 e. The highest BCUT2D eigenvalue weighted by atomic mass is 16.7. The first kappa shape index (κ1) is 14.6. The van der Waals surface area contributed by atoms with E-state index in [2.05, 4.69) is 4.74 Å². The van der Waals surface area contributed by atoms with Gasteiger partial charge in [-0.1, -0.05) is 6.07 Å². The highest BCUT2D eigenvalue weighted by Crippen LogP contribution is 2.28. The smallest absolute Gasteiger partial charge is 0.493 e. The topological polar surface area (TPSA) is 82.1 Å². The molecule has 0 fully saturated rings. The van der Waals surface area contributed by atoms with Crippen LogP contribution in [0.3, 0.4) is 0 Å². The zero-order chi connectivity index (χ0) is 14.3. The maximum atomic E-state index is 11.2. The van der Waals surface area contributed by atoms with E-state index in [0.29, 0.717) is 11.3 Å². The van der Waals surface area contributed by atoms with Crippen LogP contribution < -0.4 is 9.47 Å². The molecule has 1 rings (SSSR count). The number of rotatable bonds is 5. The van der Waals surface area contributed by atoms with Crippen molar-refractivity contribution in [1.82, 2.24) is 0 Å². The van der Waals surface area contributed by atoms with Crippen LogP contribution in [0.4, 0.5) is 4.79 Å². The van der Waals surface area contributed by atoms with Crippen molar-refractivity contribution < 1.29 is 28.9 Å². The highest BCUT2D eigenvalue weighted by Gasteiger charge is 2.10. The number of aliphatic carboxylic acids is 1. The molecule has 0 saturated heterocycles. The van der Waals surface area contributed by atoms with Gasteiger partial charge < -0.3 is 19.3 Å². The molecule has 1 aromatic rings. The maximum Gasteiger partial charge on any atom is 0.513 e. The molecule has 1 aromatic carbocycles. The molecule has 0 aromatic heterocycles. The summed E-state index contributed by atoms with van der Waals surface area (Å²) in [5.41, 5.74) is 0.607. The zero-order valence-electron chi connectivity index (χ0n) is 10.6. The fourth-order valence-electron chi connectivity index (χ4n) is 1.28. The SMILES string of the molecule is CCOC(=O)Oc1ccc(C=CC(=O)O)cc1OC. The lowest BCUT2D eigenvalue weighted by atomic mass is 10.2. The number of methoxy groups -OCH3 is 1. The van der Waals surface area contributed by atoms with Gasteiger partial charge in [0.05, 0.1) is 13.7 Å². The Balaban J connectivity index is 2.90. The van der Waals surface area contributed by atoms with Gasteiger partial charge in [-0.15, -0.1) is 0 Å². The second kappa shape index (κ2) is 7.05. The van der Waals surface area contributed by atoms with Crippen molar-refractivity contribution in [3.63, 3.8) is 0 Å². The van der Waals surface area contributed by atoms with E-state index in [-0.39, 0.29) is 12.4 Å². The largest absolute Gasteiger partial charge is 0.513 e. The molecular formula is C13H14O6. The van der Waals surface area contributed by atoms with Crippen molar-refractivity contribution in [2.24, 2.45) is 0 Å². The van der Waals surface area contributed by atoms with Crippen LogP contribution in [0.2, 0.25) is 0 Å². The Morgan fingerprint density at radius 1 is 1.32 bits per heavy atom. The molecule has 6 heteroatoms. The Hall–Kier alpha value is -2.50. The van der Waals surface area contributed by atoms with Gasteiger partial charge in [0.25, 0.3) is 0 Å². The molecule has 0 spiro atoms. The van der Waals surface area contributed by atoms with E-state index < -0.39 is 12.1 Å². The number of carbonyl (C=O) groups is 2. The molecule has 102 valence electrons. The summed E-state index contributed by atoms with van der Waals surface area (Å²) in [6.45, 7) is 1.87. The number of carboxylic acids is 1. The molecule has 0 aliphatic rings. The highest BCUT2D eigenvalue weighted by molar-refractivity contribution is 5.85. The van der Waals surface area contributed by atoms with Crippen LogP contribution in [-0.4, -0.2) is 30.9 Å². The molecule has 0 unspecified atom stereocenters. The summed E-state index contributed by atoms with van der Waals surface area (Å²) >= 11 is 0. The summed E-state index contributed by atoms with van der Waals surface area (Å²) in [7, 11) is 1.41. The predicted octanol–water partition coefficient (Wildman–Crippen LogP) is 2.33. The Morgan fingerprint density at radius 2 is 2.05 bits per heavy atom. The average molecular weight is 266 g/mol. The second-order valence-electron chi connectivity index (χ2n) is 3.37. The molecule has 0 aliphatic carbocycles. The standard InChI is InChI=1S/C13H14O6/c1-3-18-13(16)19-10-6-4-9(5-7-12(14)15)8-11(10)17-2/h4-8H,3H2,1-2H3,(H,14,15). The van der Waals surface area contributed by atoms with Crippen molar-refractivity contribution in [3.8, 4) is 11.5 Å². The van der Waals surface area contributed by atoms with Gasteiger partial charge in [0, 0.05) is 6.08 Å². The van der Waals surface area contributed by atoms with Crippen molar-refractivity contribution >= 4 is 18.2 Å². The lowest BCUT2D eigenvalue weighted by molar-refractivity contribution is -0.131. The first-order valence-electron chi connectivity index (χ1n) is 5.50. The third-order valence-corrected chi connectivity index (χ3v) is 2.06. The van der Waals surface area contributed by atoms with E-state index in [4.69, 9.17) is 14.6 Å². The van der Waals surface area contributed by atoms with E-state index in [0.717, 1.165) is 6.08 Å². The normalized spacial score (nSPS) is 10.2. The van der Waals surface area contributed by atoms with E-state index in [9.17, 15) is 9.59 Å². The third-order valence-electron chi connectivity index (χ3n) is 2.06. The van der Waals surface area contributed by atoms with E-state index >= 15 is 0 Å². The van der Waals surface area contributed by atoms with E-state index in [1.807, 2.05) is 0 Å². The summed E-state index contributed by atoms with van der Waals surface area (Å²) in [5, 5.41) is 8.53. The first-order chi connectivity index (χ1) is 9.06. The van der Waals surface area contributed by atoms with E-state index in [1.54, 1.807) is 19.1 Å². The molecule has 0 aliphatic heterocycles. The zero-order valence-corrected chi connectivity index (χ0v) is 10.6. The quantitative estimate of drug-likeness (QED) is 0.500. The Kier molecular flexibility index (Phi) is 5.40. The Morgan fingerprint density at radius 3 is 2.63 bits per heavy atom. The predicted molar refractivity (Wildman–Crippen MR) is 67.3 cm³/mol. The summed E-state index contributed by atoms with van der Waals surface area (Å²) in [6.07, 6.45) is 1.58. The van der Waals surface area contributed by atoms with Gasteiger partial charge in [-0.05, 0) is 30.7 Å². The van der Waals surface area contributed by atoms with Crippen molar-refractivity contribution in [3.05, 3.63) is 29.8 Å². The van der Waals surface area contributed by atoms with Crippen LogP contribution in [0.25, 0.3) is 6.08 Å². The fourth-order valence-corrected chi connectivity index (χ4v) is 1.28. The molecule has 1 N–H and O–H groups in total. The average Bonchev–Trinajstić information content (AvgIpc) is 2.37. The van der Waals surface area contributed by atoms with Crippen LogP contribution in [0.5, 0.6) is 11.5 Å². The Labute approximate surface area is 110 Å². The lowest BCUT2D eigenvalue weighted by Gasteiger charge is -2.09. The summed E-state index contributed by atoms with van der Waals surface area (Å²) in [5.74, 6) is -0.542. The summed E-state index contributed by atoms with van der Waals surface area (Å²) < 4.78 is 14.6. The molecule has 0 saturated carbocycles. The van der Waals surface area contributed by atoms with Gasteiger partial charge >= 0.3 is 12.1 Å². The third kappa shape index (κ3) is 4.71. The van der Waals surface area contributed by atoms with Crippen molar-refractivity contribution in [1.29, 1.82) is 0 Å². The van der Waals surface area contributed by atoms with Gasteiger partial charge in [0.15, 0.2) is 11.5 Å². The van der Waals surface area contributed by atoms with Gasteiger partial charge in [0.1, 0.15) is 0 Å².